The molecule has 4 aromatic rings. The van der Waals surface area contributed by atoms with Crippen LogP contribution in [0.1, 0.15) is 31.9 Å². The molecule has 0 aliphatic carbocycles. The van der Waals surface area contributed by atoms with Crippen LogP contribution < -0.4 is 0 Å². The Morgan fingerprint density at radius 3 is 2.77 bits per heavy atom. The lowest BCUT2D eigenvalue weighted by atomic mass is 10.0. The summed E-state index contributed by atoms with van der Waals surface area (Å²) in [7, 11) is 0. The summed E-state index contributed by atoms with van der Waals surface area (Å²) in [5.74, 6) is 0.0574. The van der Waals surface area contributed by atoms with Gasteiger partial charge in [0.2, 0.25) is 0 Å². The molecule has 3 heterocycles. The van der Waals surface area contributed by atoms with Gasteiger partial charge in [-0.1, -0.05) is 12.1 Å². The molecule has 0 radical (unpaired) electrons. The van der Waals surface area contributed by atoms with E-state index >= 15 is 0 Å². The monoisotopic (exact) mass is 421 g/mol. The number of rotatable bonds is 5. The fraction of sp³-hybridized carbons (Fsp3) is 0.261. The normalized spacial score (nSPS) is 12.6. The van der Waals surface area contributed by atoms with Crippen LogP contribution in [0, 0.1) is 12.7 Å². The summed E-state index contributed by atoms with van der Waals surface area (Å²) < 4.78 is 16.1. The predicted molar refractivity (Wildman–Crippen MR) is 118 cm³/mol. The van der Waals surface area contributed by atoms with E-state index in [1.165, 1.54) is 6.07 Å². The summed E-state index contributed by atoms with van der Waals surface area (Å²) in [5, 5.41) is 25.5. The molecule has 0 amide bonds. The van der Waals surface area contributed by atoms with Gasteiger partial charge in [0.1, 0.15) is 5.82 Å². The number of H-pyrrole nitrogens is 1. The molecule has 31 heavy (non-hydrogen) atoms. The molecular formula is C23H24FN5O2. The minimum atomic E-state index is -0.897. The van der Waals surface area contributed by atoms with E-state index in [4.69, 9.17) is 0 Å². The van der Waals surface area contributed by atoms with E-state index in [0.29, 0.717) is 45.8 Å². The topological polar surface area (TPSA) is 99.3 Å². The fourth-order valence-corrected chi connectivity index (χ4v) is 3.66. The molecule has 0 saturated heterocycles. The van der Waals surface area contributed by atoms with Gasteiger partial charge in [0, 0.05) is 23.2 Å². The molecule has 8 heteroatoms. The third-order valence-electron chi connectivity index (χ3n) is 4.96. The minimum Gasteiger partial charge on any atom is -0.494 e. The first kappa shape index (κ1) is 20.7. The average Bonchev–Trinajstić information content (AvgIpc) is 3.22. The Labute approximate surface area is 178 Å². The number of aromatic amines is 1. The molecule has 0 atom stereocenters. The number of aliphatic hydroxyl groups is 1. The van der Waals surface area contributed by atoms with Crippen LogP contribution >= 0.6 is 0 Å². The Hall–Kier alpha value is -3.52. The van der Waals surface area contributed by atoms with E-state index in [0.717, 1.165) is 5.56 Å². The summed E-state index contributed by atoms with van der Waals surface area (Å²) in [6, 6.07) is 8.38. The van der Waals surface area contributed by atoms with Crippen molar-refractivity contribution in [3.8, 4) is 17.1 Å². The maximum atomic E-state index is 14.5. The molecule has 0 fully saturated rings. The van der Waals surface area contributed by atoms with Crippen molar-refractivity contribution in [3.05, 3.63) is 59.7 Å². The van der Waals surface area contributed by atoms with Crippen LogP contribution in [0.15, 0.2) is 47.7 Å². The Kier molecular flexibility index (Phi) is 5.10. The third-order valence-corrected chi connectivity index (χ3v) is 4.96. The summed E-state index contributed by atoms with van der Waals surface area (Å²) >= 11 is 0. The van der Waals surface area contributed by atoms with Crippen molar-refractivity contribution in [1.82, 2.24) is 19.7 Å². The van der Waals surface area contributed by atoms with Gasteiger partial charge < -0.3 is 15.2 Å². The standard InChI is InChI=1S/C23H24FN5O2/c1-13-6-5-7-16(24)20(13)17-10-15-18(11-25-17)27-22(30)21(15)14(2)26-19-8-9-29(28-19)12-23(3,4)31/h5-11,27,30-31H,12H2,1-4H3. The predicted octanol–water partition coefficient (Wildman–Crippen LogP) is 4.49. The number of benzene rings is 1. The van der Waals surface area contributed by atoms with E-state index in [9.17, 15) is 14.6 Å². The van der Waals surface area contributed by atoms with Crippen molar-refractivity contribution in [2.75, 3.05) is 0 Å². The zero-order chi connectivity index (χ0) is 22.3. The molecule has 160 valence electrons. The number of pyridine rings is 1. The van der Waals surface area contributed by atoms with E-state index < -0.39 is 5.60 Å². The molecule has 1 aromatic carbocycles. The number of halogens is 1. The van der Waals surface area contributed by atoms with E-state index in [2.05, 4.69) is 20.1 Å². The average molecular weight is 421 g/mol. The van der Waals surface area contributed by atoms with Crippen LogP contribution in [0.4, 0.5) is 10.2 Å². The van der Waals surface area contributed by atoms with Crippen LogP contribution in [0.2, 0.25) is 0 Å². The molecule has 7 nitrogen and oxygen atoms in total. The molecule has 0 spiro atoms. The first-order valence-electron chi connectivity index (χ1n) is 9.90. The first-order valence-corrected chi connectivity index (χ1v) is 9.90. The molecule has 3 N–H and O–H groups in total. The van der Waals surface area contributed by atoms with Crippen molar-refractivity contribution in [1.29, 1.82) is 0 Å². The van der Waals surface area contributed by atoms with Gasteiger partial charge in [-0.15, -0.1) is 0 Å². The zero-order valence-electron chi connectivity index (χ0n) is 17.8. The quantitative estimate of drug-likeness (QED) is 0.413. The SMILES string of the molecule is CC(=Nc1ccn(CC(C)(C)O)n1)c1c(O)[nH]c2cnc(-c3c(C)cccc3F)cc12. The number of nitrogens with zero attached hydrogens (tertiary/aromatic N) is 4. The van der Waals surface area contributed by atoms with Crippen molar-refractivity contribution in [2.24, 2.45) is 4.99 Å². The zero-order valence-corrected chi connectivity index (χ0v) is 17.8. The van der Waals surface area contributed by atoms with Gasteiger partial charge in [-0.25, -0.2) is 9.38 Å². The Bertz CT molecular complexity index is 1280. The summed E-state index contributed by atoms with van der Waals surface area (Å²) in [6.45, 7) is 7.34. The highest BCUT2D eigenvalue weighted by atomic mass is 19.1. The van der Waals surface area contributed by atoms with Gasteiger partial charge in [-0.05, 0) is 45.4 Å². The van der Waals surface area contributed by atoms with Gasteiger partial charge in [0.25, 0.3) is 0 Å². The summed E-state index contributed by atoms with van der Waals surface area (Å²) in [5.41, 5.74) is 2.44. The highest BCUT2D eigenvalue weighted by Gasteiger charge is 2.18. The number of nitrogens with one attached hydrogen (secondary N) is 1. The number of aromatic nitrogens is 4. The highest BCUT2D eigenvalue weighted by Crippen LogP contribution is 2.33. The van der Waals surface area contributed by atoms with Gasteiger partial charge in [0.15, 0.2) is 11.7 Å². The molecule has 0 unspecified atom stereocenters. The second-order valence-electron chi connectivity index (χ2n) is 8.28. The fourth-order valence-electron chi connectivity index (χ4n) is 3.66. The molecule has 0 aliphatic rings. The Balaban J connectivity index is 1.77. The Morgan fingerprint density at radius 1 is 1.29 bits per heavy atom. The van der Waals surface area contributed by atoms with Gasteiger partial charge >= 0.3 is 0 Å². The smallest absolute Gasteiger partial charge is 0.198 e. The molecule has 4 rings (SSSR count). The van der Waals surface area contributed by atoms with E-state index in [1.807, 2.05) is 13.0 Å². The van der Waals surface area contributed by atoms with Crippen LogP contribution in [0.3, 0.4) is 0 Å². The van der Waals surface area contributed by atoms with Crippen LogP contribution in [0.25, 0.3) is 22.2 Å². The van der Waals surface area contributed by atoms with Crippen LogP contribution in [-0.2, 0) is 6.54 Å². The molecule has 3 aromatic heterocycles. The second-order valence-corrected chi connectivity index (χ2v) is 8.28. The van der Waals surface area contributed by atoms with Gasteiger partial charge in [-0.2, -0.15) is 5.10 Å². The first-order chi connectivity index (χ1) is 14.6. The second kappa shape index (κ2) is 7.63. The highest BCUT2D eigenvalue weighted by molar-refractivity contribution is 6.13. The maximum absolute atomic E-state index is 14.5. The number of hydrogen-bond donors (Lipinski definition) is 3. The molecule has 0 bridgehead atoms. The number of aliphatic imine (C=N–C) groups is 1. The number of aromatic hydroxyl groups is 1. The summed E-state index contributed by atoms with van der Waals surface area (Å²) in [4.78, 5) is 11.8. The largest absolute Gasteiger partial charge is 0.494 e. The lowest BCUT2D eigenvalue weighted by molar-refractivity contribution is 0.0578. The van der Waals surface area contributed by atoms with E-state index in [-0.39, 0.29) is 11.7 Å². The van der Waals surface area contributed by atoms with Crippen molar-refractivity contribution in [2.45, 2.75) is 39.8 Å². The van der Waals surface area contributed by atoms with E-state index in [1.54, 1.807) is 56.0 Å². The number of fused-ring (bicyclic) bond motifs is 1. The molecule has 0 saturated carbocycles. The Morgan fingerprint density at radius 2 is 2.06 bits per heavy atom. The maximum Gasteiger partial charge on any atom is 0.198 e. The van der Waals surface area contributed by atoms with Crippen molar-refractivity contribution in [3.63, 3.8) is 0 Å². The summed E-state index contributed by atoms with van der Waals surface area (Å²) in [6.07, 6.45) is 3.31. The lowest BCUT2D eigenvalue weighted by Crippen LogP contribution is -2.26. The lowest BCUT2D eigenvalue weighted by Gasteiger charge is -2.16. The van der Waals surface area contributed by atoms with Crippen molar-refractivity contribution >= 4 is 22.4 Å². The minimum absolute atomic E-state index is 0.0450. The van der Waals surface area contributed by atoms with Crippen LogP contribution in [-0.4, -0.2) is 41.3 Å². The molecule has 0 aliphatic heterocycles. The number of aryl methyl sites for hydroxylation is 1. The number of hydrogen-bond acceptors (Lipinski definition) is 5. The van der Waals surface area contributed by atoms with Crippen molar-refractivity contribution < 1.29 is 14.6 Å². The third kappa shape index (κ3) is 4.20. The molecular weight excluding hydrogens is 397 g/mol. The van der Waals surface area contributed by atoms with Gasteiger partial charge in [0.05, 0.1) is 40.8 Å². The van der Waals surface area contributed by atoms with Crippen LogP contribution in [0.5, 0.6) is 5.88 Å². The van der Waals surface area contributed by atoms with Gasteiger partial charge in [-0.3, -0.25) is 9.67 Å².